The van der Waals surface area contributed by atoms with Gasteiger partial charge in [-0.15, -0.1) is 0 Å². The van der Waals surface area contributed by atoms with E-state index in [1.807, 2.05) is 0 Å². The van der Waals surface area contributed by atoms with Gasteiger partial charge >= 0.3 is 0 Å². The molecule has 1 aromatic carbocycles. The molecule has 0 saturated carbocycles. The zero-order valence-electron chi connectivity index (χ0n) is 8.70. The van der Waals surface area contributed by atoms with Gasteiger partial charge in [0.05, 0.1) is 4.95 Å². The fourth-order valence-electron chi connectivity index (χ4n) is 2.17. The lowest BCUT2D eigenvalue weighted by atomic mass is 9.94. The fourth-order valence-corrected chi connectivity index (χ4v) is 2.56. The first-order valence-electron chi connectivity index (χ1n) is 5.17. The van der Waals surface area contributed by atoms with E-state index in [4.69, 9.17) is 0 Å². The Labute approximate surface area is 94.2 Å². The molecule has 0 N–H and O–H groups in total. The fraction of sp³-hybridized carbons (Fsp3) is 0.500. The number of hydrogen-bond acceptors (Lipinski definition) is 1. The molecule has 0 saturated heterocycles. The van der Waals surface area contributed by atoms with Gasteiger partial charge in [-0.3, -0.25) is 0 Å². The second-order valence-corrected chi connectivity index (χ2v) is 5.49. The highest BCUT2D eigenvalue weighted by Gasteiger charge is 2.23. The quantitative estimate of drug-likeness (QED) is 0.548. The molecule has 2 atom stereocenters. The number of fused-ring (bicyclic) bond motifs is 1. The number of alkyl halides is 1. The molecule has 14 heavy (non-hydrogen) atoms. The minimum absolute atomic E-state index is 0.423. The molecule has 2 rings (SSSR count). The molecule has 0 aromatic heterocycles. The summed E-state index contributed by atoms with van der Waals surface area (Å²) in [4.78, 5) is 2.86. The number of halogens is 1. The number of benzene rings is 1. The lowest BCUT2D eigenvalue weighted by molar-refractivity contribution is 0.531. The second-order valence-electron chi connectivity index (χ2n) is 4.16. The van der Waals surface area contributed by atoms with Crippen molar-refractivity contribution in [2.75, 3.05) is 11.4 Å². The van der Waals surface area contributed by atoms with E-state index >= 15 is 0 Å². The van der Waals surface area contributed by atoms with Crippen LogP contribution in [0, 0.1) is 5.92 Å². The lowest BCUT2D eigenvalue weighted by Gasteiger charge is -2.36. The third-order valence-electron chi connectivity index (χ3n) is 2.81. The first-order chi connectivity index (χ1) is 6.68. The van der Waals surface area contributed by atoms with Gasteiger partial charge in [-0.1, -0.05) is 41.1 Å². The SMILES string of the molecule is CC1Cc2ccccc2N(C(C)Br)C1. The molecule has 0 bridgehead atoms. The van der Waals surface area contributed by atoms with Gasteiger partial charge in [-0.2, -0.15) is 0 Å². The van der Waals surface area contributed by atoms with Gasteiger partial charge in [0.1, 0.15) is 0 Å². The summed E-state index contributed by atoms with van der Waals surface area (Å²) in [5.74, 6) is 0.755. The van der Waals surface area contributed by atoms with Crippen LogP contribution in [0.25, 0.3) is 0 Å². The summed E-state index contributed by atoms with van der Waals surface area (Å²) >= 11 is 3.66. The van der Waals surface area contributed by atoms with Crippen LogP contribution in [0.1, 0.15) is 19.4 Å². The Kier molecular flexibility index (Phi) is 2.82. The minimum atomic E-state index is 0.423. The molecular formula is C12H16BrN. The summed E-state index contributed by atoms with van der Waals surface area (Å²) in [6.45, 7) is 5.66. The molecule has 0 aliphatic carbocycles. The summed E-state index contributed by atoms with van der Waals surface area (Å²) in [5, 5.41) is 0. The van der Waals surface area contributed by atoms with Crippen molar-refractivity contribution in [2.45, 2.75) is 25.2 Å². The van der Waals surface area contributed by atoms with Crippen molar-refractivity contribution in [3.05, 3.63) is 29.8 Å². The van der Waals surface area contributed by atoms with E-state index in [0.29, 0.717) is 4.95 Å². The van der Waals surface area contributed by atoms with Crippen LogP contribution < -0.4 is 4.90 Å². The van der Waals surface area contributed by atoms with E-state index in [2.05, 4.69) is 58.9 Å². The first-order valence-corrected chi connectivity index (χ1v) is 6.08. The van der Waals surface area contributed by atoms with Crippen LogP contribution in [-0.4, -0.2) is 11.5 Å². The molecule has 0 radical (unpaired) electrons. The van der Waals surface area contributed by atoms with E-state index < -0.39 is 0 Å². The van der Waals surface area contributed by atoms with Crippen LogP contribution in [0.2, 0.25) is 0 Å². The summed E-state index contributed by atoms with van der Waals surface area (Å²) in [5.41, 5.74) is 2.88. The maximum absolute atomic E-state index is 3.66. The number of nitrogens with zero attached hydrogens (tertiary/aromatic N) is 1. The standard InChI is InChI=1S/C12H16BrN/c1-9-7-11-5-3-4-6-12(11)14(8-9)10(2)13/h3-6,9-10H,7-8H2,1-2H3. The predicted molar refractivity (Wildman–Crippen MR) is 65.0 cm³/mol. The highest BCUT2D eigenvalue weighted by molar-refractivity contribution is 9.09. The van der Waals surface area contributed by atoms with Crippen molar-refractivity contribution in [3.63, 3.8) is 0 Å². The van der Waals surface area contributed by atoms with Crippen LogP contribution in [0.5, 0.6) is 0 Å². The van der Waals surface area contributed by atoms with Gasteiger partial charge < -0.3 is 4.90 Å². The molecule has 0 fully saturated rings. The van der Waals surface area contributed by atoms with Crippen molar-refractivity contribution < 1.29 is 0 Å². The molecule has 1 aromatic rings. The molecule has 2 unspecified atom stereocenters. The zero-order chi connectivity index (χ0) is 10.1. The molecule has 76 valence electrons. The van der Waals surface area contributed by atoms with E-state index in [9.17, 15) is 0 Å². The lowest BCUT2D eigenvalue weighted by Crippen LogP contribution is -2.37. The molecule has 1 aliphatic rings. The molecular weight excluding hydrogens is 238 g/mol. The monoisotopic (exact) mass is 253 g/mol. The largest absolute Gasteiger partial charge is 0.359 e. The van der Waals surface area contributed by atoms with Crippen LogP contribution in [-0.2, 0) is 6.42 Å². The third kappa shape index (κ3) is 1.81. The highest BCUT2D eigenvalue weighted by Crippen LogP contribution is 2.31. The Hall–Kier alpha value is -0.500. The van der Waals surface area contributed by atoms with Crippen LogP contribution in [0.4, 0.5) is 5.69 Å². The number of para-hydroxylation sites is 1. The minimum Gasteiger partial charge on any atom is -0.359 e. The molecule has 2 heteroatoms. The third-order valence-corrected chi connectivity index (χ3v) is 3.30. The zero-order valence-corrected chi connectivity index (χ0v) is 10.3. The smallest absolute Gasteiger partial charge is 0.0817 e. The van der Waals surface area contributed by atoms with Gasteiger partial charge in [0.25, 0.3) is 0 Å². The molecule has 0 spiro atoms. The maximum Gasteiger partial charge on any atom is 0.0817 e. The topological polar surface area (TPSA) is 3.24 Å². The van der Waals surface area contributed by atoms with Gasteiger partial charge in [0.15, 0.2) is 0 Å². The van der Waals surface area contributed by atoms with Crippen molar-refractivity contribution in [3.8, 4) is 0 Å². The second kappa shape index (κ2) is 3.93. The summed E-state index contributed by atoms with van der Waals surface area (Å²) in [6.07, 6.45) is 1.21. The van der Waals surface area contributed by atoms with Gasteiger partial charge in [0.2, 0.25) is 0 Å². The Morgan fingerprint density at radius 3 is 2.86 bits per heavy atom. The normalized spacial score (nSPS) is 23.1. The molecule has 1 nitrogen and oxygen atoms in total. The van der Waals surface area contributed by atoms with E-state index in [0.717, 1.165) is 12.5 Å². The number of rotatable bonds is 1. The Morgan fingerprint density at radius 1 is 1.43 bits per heavy atom. The van der Waals surface area contributed by atoms with E-state index in [1.165, 1.54) is 17.7 Å². The Bertz CT molecular complexity index is 322. The van der Waals surface area contributed by atoms with Gasteiger partial charge in [-0.25, -0.2) is 0 Å². The average molecular weight is 254 g/mol. The highest BCUT2D eigenvalue weighted by atomic mass is 79.9. The number of hydrogen-bond donors (Lipinski definition) is 0. The van der Waals surface area contributed by atoms with E-state index in [-0.39, 0.29) is 0 Å². The van der Waals surface area contributed by atoms with Crippen LogP contribution in [0.15, 0.2) is 24.3 Å². The summed E-state index contributed by atoms with van der Waals surface area (Å²) < 4.78 is 0. The maximum atomic E-state index is 3.66. The first kappa shape index (κ1) is 10.0. The molecule has 1 heterocycles. The van der Waals surface area contributed by atoms with Crippen LogP contribution >= 0.6 is 15.9 Å². The van der Waals surface area contributed by atoms with Crippen molar-refractivity contribution in [1.82, 2.24) is 0 Å². The Balaban J connectivity index is 2.38. The Morgan fingerprint density at radius 2 is 2.14 bits per heavy atom. The van der Waals surface area contributed by atoms with Crippen LogP contribution in [0.3, 0.4) is 0 Å². The van der Waals surface area contributed by atoms with Gasteiger partial charge in [0, 0.05) is 12.2 Å². The molecule has 0 amide bonds. The average Bonchev–Trinajstić information content (AvgIpc) is 2.16. The number of anilines is 1. The predicted octanol–water partition coefficient (Wildman–Crippen LogP) is 3.43. The van der Waals surface area contributed by atoms with Crippen molar-refractivity contribution >= 4 is 21.6 Å². The molecule has 1 aliphatic heterocycles. The van der Waals surface area contributed by atoms with E-state index in [1.54, 1.807) is 0 Å². The summed E-state index contributed by atoms with van der Waals surface area (Å²) in [7, 11) is 0. The summed E-state index contributed by atoms with van der Waals surface area (Å²) in [6, 6.07) is 8.72. The van der Waals surface area contributed by atoms with Crippen molar-refractivity contribution in [2.24, 2.45) is 5.92 Å². The van der Waals surface area contributed by atoms with Crippen molar-refractivity contribution in [1.29, 1.82) is 0 Å². The van der Waals surface area contributed by atoms with Gasteiger partial charge in [-0.05, 0) is 30.9 Å².